The number of aromatic hydroxyl groups is 2. The zero-order valence-corrected chi connectivity index (χ0v) is 9.34. The first-order chi connectivity index (χ1) is 7.91. The smallest absolute Gasteiger partial charge is 0.255 e. The third kappa shape index (κ3) is 3.08. The Balaban J connectivity index is 2.94. The molecule has 1 aromatic rings. The van der Waals surface area contributed by atoms with Crippen LogP contribution in [-0.2, 0) is 0 Å². The summed E-state index contributed by atoms with van der Waals surface area (Å²) < 4.78 is 0. The van der Waals surface area contributed by atoms with Crippen LogP contribution in [0.5, 0.6) is 11.5 Å². The lowest BCUT2D eigenvalue weighted by molar-refractivity contribution is 0.0721. The van der Waals surface area contributed by atoms with Crippen molar-refractivity contribution in [3.05, 3.63) is 23.8 Å². The minimum Gasteiger partial charge on any atom is -0.508 e. The summed E-state index contributed by atoms with van der Waals surface area (Å²) in [6.45, 7) is 0.550. The molecule has 0 bridgehead atoms. The predicted octanol–water partition coefficient (Wildman–Crippen LogP) is -0.429. The molecule has 6 nitrogen and oxygen atoms in total. The molecule has 6 heteroatoms. The van der Waals surface area contributed by atoms with E-state index in [-0.39, 0.29) is 17.1 Å². The number of phenolic OH excluding ortho intramolecular Hbond substituents is 2. The van der Waals surface area contributed by atoms with Crippen molar-refractivity contribution in [2.24, 2.45) is 0 Å². The van der Waals surface area contributed by atoms with Gasteiger partial charge in [0.05, 0.1) is 24.3 Å². The number of hydrogen-bond acceptors (Lipinski definition) is 5. The molecule has 0 heterocycles. The average Bonchev–Trinajstić information content (AvgIpc) is 2.32. The van der Waals surface area contributed by atoms with E-state index in [1.165, 1.54) is 19.1 Å². The Morgan fingerprint density at radius 1 is 1.29 bits per heavy atom. The average molecular weight is 241 g/mol. The highest BCUT2D eigenvalue weighted by Crippen LogP contribution is 2.22. The van der Waals surface area contributed by atoms with Gasteiger partial charge in [-0.05, 0) is 25.1 Å². The summed E-state index contributed by atoms with van der Waals surface area (Å²) in [4.78, 5) is 11.7. The molecule has 0 saturated heterocycles. The molecular weight excluding hydrogens is 226 g/mol. The third-order valence-electron chi connectivity index (χ3n) is 2.34. The van der Waals surface area contributed by atoms with Gasteiger partial charge in [-0.3, -0.25) is 4.79 Å². The summed E-state index contributed by atoms with van der Waals surface area (Å²) in [5.74, 6) is -1.15. The summed E-state index contributed by atoms with van der Waals surface area (Å²) in [5.41, 5.74) is -1.31. The fourth-order valence-corrected chi connectivity index (χ4v) is 1.18. The number of nitrogens with one attached hydrogen (secondary N) is 1. The molecule has 0 aromatic heterocycles. The number of benzene rings is 1. The quantitative estimate of drug-likeness (QED) is 0.459. The van der Waals surface area contributed by atoms with Crippen molar-refractivity contribution in [3.63, 3.8) is 0 Å². The van der Waals surface area contributed by atoms with Gasteiger partial charge in [-0.2, -0.15) is 0 Å². The lowest BCUT2D eigenvalue weighted by Crippen LogP contribution is -2.51. The van der Waals surface area contributed by atoms with Crippen LogP contribution in [0.4, 0.5) is 0 Å². The highest BCUT2D eigenvalue weighted by Gasteiger charge is 2.26. The van der Waals surface area contributed by atoms with Crippen LogP contribution in [0.3, 0.4) is 0 Å². The second kappa shape index (κ2) is 5.03. The summed E-state index contributed by atoms with van der Waals surface area (Å²) in [5, 5.41) is 39.1. The number of aliphatic hydroxyl groups is 2. The number of aliphatic hydroxyl groups excluding tert-OH is 2. The Morgan fingerprint density at radius 2 is 1.88 bits per heavy atom. The monoisotopic (exact) mass is 241 g/mol. The van der Waals surface area contributed by atoms with Gasteiger partial charge in [0.15, 0.2) is 0 Å². The number of phenols is 2. The maximum absolute atomic E-state index is 11.7. The highest BCUT2D eigenvalue weighted by atomic mass is 16.3. The molecule has 94 valence electrons. The summed E-state index contributed by atoms with van der Waals surface area (Å²) in [7, 11) is 0. The SMILES string of the molecule is CC(CO)(CO)NC(=O)c1cc(O)ccc1O. The van der Waals surface area contributed by atoms with Gasteiger partial charge in [-0.25, -0.2) is 0 Å². The van der Waals surface area contributed by atoms with Gasteiger partial charge < -0.3 is 25.7 Å². The lowest BCUT2D eigenvalue weighted by Gasteiger charge is -2.26. The number of carbonyl (C=O) groups excluding carboxylic acids is 1. The van der Waals surface area contributed by atoms with Gasteiger partial charge in [0.25, 0.3) is 5.91 Å². The van der Waals surface area contributed by atoms with Crippen molar-refractivity contribution in [3.8, 4) is 11.5 Å². The van der Waals surface area contributed by atoms with Gasteiger partial charge >= 0.3 is 0 Å². The Labute approximate surface area is 98.1 Å². The van der Waals surface area contributed by atoms with E-state index in [9.17, 15) is 15.0 Å². The lowest BCUT2D eigenvalue weighted by atomic mass is 10.0. The molecule has 0 aliphatic heterocycles. The molecule has 1 amide bonds. The van der Waals surface area contributed by atoms with E-state index in [0.717, 1.165) is 6.07 Å². The van der Waals surface area contributed by atoms with Crippen LogP contribution in [-0.4, -0.2) is 45.1 Å². The van der Waals surface area contributed by atoms with Crippen molar-refractivity contribution >= 4 is 5.91 Å². The van der Waals surface area contributed by atoms with Crippen molar-refractivity contribution in [1.82, 2.24) is 5.32 Å². The van der Waals surface area contributed by atoms with Crippen LogP contribution in [0.2, 0.25) is 0 Å². The Hall–Kier alpha value is -1.79. The maximum Gasteiger partial charge on any atom is 0.255 e. The predicted molar refractivity (Wildman–Crippen MR) is 59.8 cm³/mol. The van der Waals surface area contributed by atoms with Crippen LogP contribution in [0.1, 0.15) is 17.3 Å². The summed E-state index contributed by atoms with van der Waals surface area (Å²) in [6, 6.07) is 3.52. The molecule has 0 aliphatic carbocycles. The molecule has 0 spiro atoms. The van der Waals surface area contributed by atoms with E-state index in [1.54, 1.807) is 0 Å². The largest absolute Gasteiger partial charge is 0.508 e. The topological polar surface area (TPSA) is 110 Å². The van der Waals surface area contributed by atoms with Crippen LogP contribution >= 0.6 is 0 Å². The summed E-state index contributed by atoms with van der Waals surface area (Å²) >= 11 is 0. The van der Waals surface area contributed by atoms with Gasteiger partial charge in [-0.15, -0.1) is 0 Å². The van der Waals surface area contributed by atoms with Crippen molar-refractivity contribution < 1.29 is 25.2 Å². The second-order valence-corrected chi connectivity index (χ2v) is 4.03. The Bertz CT molecular complexity index is 414. The number of carbonyl (C=O) groups is 1. The van der Waals surface area contributed by atoms with E-state index < -0.39 is 24.7 Å². The van der Waals surface area contributed by atoms with Gasteiger partial charge in [0.1, 0.15) is 11.5 Å². The third-order valence-corrected chi connectivity index (χ3v) is 2.34. The first-order valence-corrected chi connectivity index (χ1v) is 4.98. The molecule has 1 rings (SSSR count). The van der Waals surface area contributed by atoms with Crippen molar-refractivity contribution in [1.29, 1.82) is 0 Å². The van der Waals surface area contributed by atoms with Crippen LogP contribution < -0.4 is 5.32 Å². The molecular formula is C11H15NO5. The molecule has 0 radical (unpaired) electrons. The number of hydrogen-bond donors (Lipinski definition) is 5. The highest BCUT2D eigenvalue weighted by molar-refractivity contribution is 5.97. The fourth-order valence-electron chi connectivity index (χ4n) is 1.18. The molecule has 0 aliphatic rings. The summed E-state index contributed by atoms with van der Waals surface area (Å²) in [6.07, 6.45) is 0. The van der Waals surface area contributed by atoms with Gasteiger partial charge in [-0.1, -0.05) is 0 Å². The molecule has 1 aromatic carbocycles. The zero-order chi connectivity index (χ0) is 13.1. The normalized spacial score (nSPS) is 11.2. The molecule has 0 unspecified atom stereocenters. The Kier molecular flexibility index (Phi) is 3.93. The molecule has 17 heavy (non-hydrogen) atoms. The fraction of sp³-hybridized carbons (Fsp3) is 0.364. The minimum absolute atomic E-state index is 0.127. The molecule has 0 fully saturated rings. The van der Waals surface area contributed by atoms with Gasteiger partial charge in [0, 0.05) is 0 Å². The van der Waals surface area contributed by atoms with Gasteiger partial charge in [0.2, 0.25) is 0 Å². The van der Waals surface area contributed by atoms with Crippen molar-refractivity contribution in [2.75, 3.05) is 13.2 Å². The first-order valence-electron chi connectivity index (χ1n) is 4.98. The van der Waals surface area contributed by atoms with E-state index in [4.69, 9.17) is 10.2 Å². The first kappa shape index (κ1) is 13.3. The standard InChI is InChI=1S/C11H15NO5/c1-11(5-13,6-14)12-10(17)8-4-7(15)2-3-9(8)16/h2-4,13-16H,5-6H2,1H3,(H,12,17). The molecule has 0 saturated carbocycles. The molecule has 0 atom stereocenters. The van der Waals surface area contributed by atoms with E-state index >= 15 is 0 Å². The second-order valence-electron chi connectivity index (χ2n) is 4.03. The molecule has 5 N–H and O–H groups in total. The van der Waals surface area contributed by atoms with E-state index in [1.807, 2.05) is 0 Å². The number of amides is 1. The Morgan fingerprint density at radius 3 is 2.41 bits per heavy atom. The van der Waals surface area contributed by atoms with E-state index in [2.05, 4.69) is 5.32 Å². The number of rotatable bonds is 4. The van der Waals surface area contributed by atoms with Crippen LogP contribution in [0, 0.1) is 0 Å². The van der Waals surface area contributed by atoms with Crippen LogP contribution in [0.25, 0.3) is 0 Å². The maximum atomic E-state index is 11.7. The van der Waals surface area contributed by atoms with Crippen LogP contribution in [0.15, 0.2) is 18.2 Å². The minimum atomic E-state index is -1.19. The van der Waals surface area contributed by atoms with Crippen molar-refractivity contribution in [2.45, 2.75) is 12.5 Å². The zero-order valence-electron chi connectivity index (χ0n) is 9.34. The van der Waals surface area contributed by atoms with E-state index in [0.29, 0.717) is 0 Å².